The summed E-state index contributed by atoms with van der Waals surface area (Å²) in [5, 5.41) is 5.21. The lowest BCUT2D eigenvalue weighted by atomic mass is 9.93. The molecule has 5 heteroatoms. The Bertz CT molecular complexity index is 954. The molecule has 1 aliphatic rings. The molecule has 0 radical (unpaired) electrons. The number of nitrogens with zero attached hydrogens (tertiary/aromatic N) is 1. The normalized spacial score (nSPS) is 16.2. The molecule has 1 aromatic heterocycles. The van der Waals surface area contributed by atoms with Crippen molar-refractivity contribution in [3.8, 4) is 5.75 Å². The van der Waals surface area contributed by atoms with E-state index < -0.39 is 0 Å². The van der Waals surface area contributed by atoms with E-state index in [-0.39, 0.29) is 11.9 Å². The molecule has 0 unspecified atom stereocenters. The number of carbonyl (C=O) groups is 1. The minimum absolute atomic E-state index is 0.0165. The smallest absolute Gasteiger partial charge is 0.238 e. The van der Waals surface area contributed by atoms with Crippen LogP contribution in [0.5, 0.6) is 5.75 Å². The quantitative estimate of drug-likeness (QED) is 0.592. The minimum Gasteiger partial charge on any atom is -0.491 e. The summed E-state index contributed by atoms with van der Waals surface area (Å²) >= 11 is 1.81. The van der Waals surface area contributed by atoms with Crippen LogP contribution in [0.15, 0.2) is 66.0 Å². The highest BCUT2D eigenvalue weighted by molar-refractivity contribution is 7.10. The number of benzene rings is 2. The van der Waals surface area contributed by atoms with Crippen LogP contribution in [0, 0.1) is 0 Å². The van der Waals surface area contributed by atoms with Gasteiger partial charge in [-0.1, -0.05) is 49.4 Å². The highest BCUT2D eigenvalue weighted by Crippen LogP contribution is 2.37. The van der Waals surface area contributed by atoms with Crippen molar-refractivity contribution in [1.29, 1.82) is 0 Å². The molecule has 0 saturated carbocycles. The maximum Gasteiger partial charge on any atom is 0.238 e. The van der Waals surface area contributed by atoms with Crippen molar-refractivity contribution in [2.45, 2.75) is 25.8 Å². The first kappa shape index (κ1) is 19.7. The van der Waals surface area contributed by atoms with Gasteiger partial charge in [0.2, 0.25) is 5.91 Å². The number of ether oxygens (including phenoxy) is 1. The van der Waals surface area contributed by atoms with E-state index in [1.165, 1.54) is 16.0 Å². The lowest BCUT2D eigenvalue weighted by molar-refractivity contribution is -0.117. The van der Waals surface area contributed by atoms with E-state index in [1.807, 2.05) is 41.7 Å². The fraction of sp³-hybridized carbons (Fsp3) is 0.292. The van der Waals surface area contributed by atoms with Crippen LogP contribution in [0.4, 0.5) is 5.69 Å². The molecule has 29 heavy (non-hydrogen) atoms. The number of hydrogen-bond acceptors (Lipinski definition) is 4. The van der Waals surface area contributed by atoms with E-state index in [0.717, 1.165) is 30.8 Å². The highest BCUT2D eigenvalue weighted by atomic mass is 32.1. The van der Waals surface area contributed by atoms with Gasteiger partial charge in [-0.15, -0.1) is 11.3 Å². The zero-order valence-electron chi connectivity index (χ0n) is 16.6. The van der Waals surface area contributed by atoms with Gasteiger partial charge in [0.05, 0.1) is 24.9 Å². The van der Waals surface area contributed by atoms with Crippen molar-refractivity contribution in [3.63, 3.8) is 0 Å². The van der Waals surface area contributed by atoms with E-state index in [0.29, 0.717) is 13.2 Å². The van der Waals surface area contributed by atoms with Crippen LogP contribution in [-0.4, -0.2) is 30.5 Å². The first-order valence-electron chi connectivity index (χ1n) is 10.1. The molecule has 0 fully saturated rings. The van der Waals surface area contributed by atoms with Gasteiger partial charge in [0.25, 0.3) is 0 Å². The van der Waals surface area contributed by atoms with Crippen LogP contribution in [-0.2, 0) is 11.2 Å². The number of thiophene rings is 1. The molecule has 2 heterocycles. The predicted molar refractivity (Wildman–Crippen MR) is 119 cm³/mol. The number of fused-ring (bicyclic) bond motifs is 1. The summed E-state index contributed by atoms with van der Waals surface area (Å²) in [7, 11) is 0. The average molecular weight is 407 g/mol. The van der Waals surface area contributed by atoms with Crippen LogP contribution in [0.3, 0.4) is 0 Å². The highest BCUT2D eigenvalue weighted by Gasteiger charge is 2.30. The fourth-order valence-electron chi connectivity index (χ4n) is 3.85. The van der Waals surface area contributed by atoms with E-state index in [2.05, 4.69) is 52.9 Å². The number of amides is 1. The molecule has 0 aliphatic carbocycles. The SMILES string of the molecule is CCCOc1ccccc1NC(=O)CN1CCc2sccc2[C@H]1c1ccccc1. The standard InChI is InChI=1S/C24H26N2O2S/c1-2-15-28-21-11-7-6-10-20(21)25-23(27)17-26-14-12-22-19(13-16-29-22)24(26)18-8-4-3-5-9-18/h3-11,13,16,24H,2,12,14-15,17H2,1H3,(H,25,27)/t24-/m1/s1. The van der Waals surface area contributed by atoms with Crippen molar-refractivity contribution in [3.05, 3.63) is 82.0 Å². The molecule has 0 saturated heterocycles. The molecular weight excluding hydrogens is 380 g/mol. The van der Waals surface area contributed by atoms with Crippen molar-refractivity contribution < 1.29 is 9.53 Å². The van der Waals surface area contributed by atoms with Crippen molar-refractivity contribution in [1.82, 2.24) is 4.90 Å². The zero-order chi connectivity index (χ0) is 20.1. The van der Waals surface area contributed by atoms with Gasteiger partial charge in [0.15, 0.2) is 0 Å². The third-order valence-corrected chi connectivity index (χ3v) is 6.15. The molecule has 2 aromatic carbocycles. The number of rotatable bonds is 7. The second-order valence-electron chi connectivity index (χ2n) is 7.23. The molecule has 150 valence electrons. The van der Waals surface area contributed by atoms with Crippen LogP contribution < -0.4 is 10.1 Å². The van der Waals surface area contributed by atoms with Crippen LogP contribution in [0.2, 0.25) is 0 Å². The number of hydrogen-bond donors (Lipinski definition) is 1. The molecule has 1 atom stereocenters. The predicted octanol–water partition coefficient (Wildman–Crippen LogP) is 5.12. The Morgan fingerprint density at radius 2 is 1.93 bits per heavy atom. The maximum absolute atomic E-state index is 12.9. The van der Waals surface area contributed by atoms with Gasteiger partial charge >= 0.3 is 0 Å². The van der Waals surface area contributed by atoms with Crippen LogP contribution >= 0.6 is 11.3 Å². The average Bonchev–Trinajstić information content (AvgIpc) is 3.22. The third kappa shape index (κ3) is 4.52. The van der Waals surface area contributed by atoms with E-state index in [9.17, 15) is 4.79 Å². The van der Waals surface area contributed by atoms with Crippen molar-refractivity contribution in [2.75, 3.05) is 25.0 Å². The Morgan fingerprint density at radius 3 is 2.76 bits per heavy atom. The minimum atomic E-state index is -0.0165. The number of carbonyl (C=O) groups excluding carboxylic acids is 1. The number of nitrogens with one attached hydrogen (secondary N) is 1. The molecule has 1 aliphatic heterocycles. The summed E-state index contributed by atoms with van der Waals surface area (Å²) in [6, 6.07) is 20.4. The Kier molecular flexibility index (Phi) is 6.27. The van der Waals surface area contributed by atoms with Gasteiger partial charge in [0, 0.05) is 11.4 Å². The Balaban J connectivity index is 1.52. The lowest BCUT2D eigenvalue weighted by Crippen LogP contribution is -2.40. The number of anilines is 1. The van der Waals surface area contributed by atoms with Gasteiger partial charge < -0.3 is 10.1 Å². The van der Waals surface area contributed by atoms with Crippen LogP contribution in [0.1, 0.15) is 35.4 Å². The molecule has 0 spiro atoms. The van der Waals surface area contributed by atoms with Crippen molar-refractivity contribution >= 4 is 22.9 Å². The first-order valence-corrected chi connectivity index (χ1v) is 11.0. The summed E-state index contributed by atoms with van der Waals surface area (Å²) in [4.78, 5) is 16.6. The summed E-state index contributed by atoms with van der Waals surface area (Å²) in [6.07, 6.45) is 1.91. The summed E-state index contributed by atoms with van der Waals surface area (Å²) in [6.45, 7) is 3.92. The number of para-hydroxylation sites is 2. The molecule has 1 N–H and O–H groups in total. The van der Waals surface area contributed by atoms with Gasteiger partial charge in [-0.05, 0) is 47.5 Å². The fourth-order valence-corrected chi connectivity index (χ4v) is 4.75. The van der Waals surface area contributed by atoms with Crippen LogP contribution in [0.25, 0.3) is 0 Å². The second-order valence-corrected chi connectivity index (χ2v) is 8.23. The summed E-state index contributed by atoms with van der Waals surface area (Å²) in [5.41, 5.74) is 3.29. The monoisotopic (exact) mass is 406 g/mol. The maximum atomic E-state index is 12.9. The van der Waals surface area contributed by atoms with Gasteiger partial charge in [-0.2, -0.15) is 0 Å². The first-order chi connectivity index (χ1) is 14.3. The molecular formula is C24H26N2O2S. The largest absolute Gasteiger partial charge is 0.491 e. The van der Waals surface area contributed by atoms with Gasteiger partial charge in [-0.25, -0.2) is 0 Å². The Hall–Kier alpha value is -2.63. The molecule has 1 amide bonds. The Labute approximate surface area is 176 Å². The Morgan fingerprint density at radius 1 is 1.14 bits per heavy atom. The molecule has 4 nitrogen and oxygen atoms in total. The van der Waals surface area contributed by atoms with Crippen molar-refractivity contribution in [2.24, 2.45) is 0 Å². The third-order valence-electron chi connectivity index (χ3n) is 5.15. The molecule has 4 rings (SSSR count). The second kappa shape index (κ2) is 9.25. The zero-order valence-corrected chi connectivity index (χ0v) is 17.5. The molecule has 0 bridgehead atoms. The molecule has 3 aromatic rings. The van der Waals surface area contributed by atoms with Gasteiger partial charge in [-0.3, -0.25) is 9.69 Å². The van der Waals surface area contributed by atoms with E-state index in [1.54, 1.807) is 0 Å². The van der Waals surface area contributed by atoms with Gasteiger partial charge in [0.1, 0.15) is 5.75 Å². The lowest BCUT2D eigenvalue weighted by Gasteiger charge is -2.35. The summed E-state index contributed by atoms with van der Waals surface area (Å²) in [5.74, 6) is 0.707. The van der Waals surface area contributed by atoms with E-state index >= 15 is 0 Å². The topological polar surface area (TPSA) is 41.6 Å². The van der Waals surface area contributed by atoms with E-state index in [4.69, 9.17) is 4.74 Å². The summed E-state index contributed by atoms with van der Waals surface area (Å²) < 4.78 is 5.78.